The summed E-state index contributed by atoms with van der Waals surface area (Å²) in [7, 11) is 1.70. The number of nitrogens with zero attached hydrogens (tertiary/aromatic N) is 2. The molecule has 2 aliphatic rings. The second kappa shape index (κ2) is 5.58. The molecule has 1 N–H and O–H groups in total. The normalized spacial score (nSPS) is 24.3. The van der Waals surface area contributed by atoms with E-state index in [2.05, 4.69) is 35.1 Å². The van der Waals surface area contributed by atoms with Crippen LogP contribution in [0, 0.1) is 0 Å². The number of rotatable bonds is 3. The lowest BCUT2D eigenvalue weighted by Crippen LogP contribution is -2.66. The maximum atomic E-state index is 5.42. The Balaban J connectivity index is 1.80. The predicted octanol–water partition coefficient (Wildman–Crippen LogP) is 2.59. The summed E-state index contributed by atoms with van der Waals surface area (Å²) in [4.78, 5) is 6.94. The third kappa shape index (κ3) is 2.92. The van der Waals surface area contributed by atoms with E-state index in [9.17, 15) is 0 Å². The number of aromatic nitrogens is 1. The molecule has 1 aliphatic heterocycles. The van der Waals surface area contributed by atoms with E-state index in [0.717, 1.165) is 25.5 Å². The van der Waals surface area contributed by atoms with Gasteiger partial charge < -0.3 is 10.1 Å². The summed E-state index contributed by atoms with van der Waals surface area (Å²) in [6.45, 7) is 7.73. The Bertz CT molecular complexity index is 495. The van der Waals surface area contributed by atoms with Gasteiger partial charge in [0.05, 0.1) is 7.11 Å². The molecule has 1 aromatic rings. The van der Waals surface area contributed by atoms with Crippen LogP contribution in [0.15, 0.2) is 18.3 Å². The average molecular weight is 289 g/mol. The van der Waals surface area contributed by atoms with Crippen molar-refractivity contribution in [3.8, 4) is 5.88 Å². The maximum absolute atomic E-state index is 5.42. The Hall–Kier alpha value is -1.13. The number of piperazine rings is 1. The van der Waals surface area contributed by atoms with Gasteiger partial charge in [0.2, 0.25) is 5.88 Å². The van der Waals surface area contributed by atoms with Gasteiger partial charge >= 0.3 is 0 Å². The first-order valence-corrected chi connectivity index (χ1v) is 8.03. The molecule has 0 unspecified atom stereocenters. The minimum Gasteiger partial charge on any atom is -0.481 e. The van der Waals surface area contributed by atoms with E-state index in [1.54, 1.807) is 13.3 Å². The van der Waals surface area contributed by atoms with Crippen molar-refractivity contribution in [1.29, 1.82) is 0 Å². The van der Waals surface area contributed by atoms with E-state index >= 15 is 0 Å². The molecule has 1 aromatic heterocycles. The Morgan fingerprint density at radius 2 is 2.10 bits per heavy atom. The molecule has 2 heterocycles. The van der Waals surface area contributed by atoms with Crippen LogP contribution in [-0.2, 0) is 6.54 Å². The van der Waals surface area contributed by atoms with Crippen LogP contribution in [0.1, 0.15) is 45.1 Å². The Morgan fingerprint density at radius 3 is 2.81 bits per heavy atom. The fraction of sp³-hybridized carbons (Fsp3) is 0.706. The summed E-state index contributed by atoms with van der Waals surface area (Å²) in [5.74, 6) is 0.757. The highest BCUT2D eigenvalue weighted by atomic mass is 16.5. The van der Waals surface area contributed by atoms with Crippen molar-refractivity contribution in [1.82, 2.24) is 15.2 Å². The van der Waals surface area contributed by atoms with Crippen molar-refractivity contribution in [2.45, 2.75) is 57.2 Å². The summed E-state index contributed by atoms with van der Waals surface area (Å²) in [6, 6.07) is 4.13. The molecule has 116 valence electrons. The van der Waals surface area contributed by atoms with Gasteiger partial charge in [0.25, 0.3) is 0 Å². The fourth-order valence-electron chi connectivity index (χ4n) is 3.74. The fourth-order valence-corrected chi connectivity index (χ4v) is 3.74. The van der Waals surface area contributed by atoms with Gasteiger partial charge in [-0.05, 0) is 32.8 Å². The first-order valence-electron chi connectivity index (χ1n) is 8.03. The van der Waals surface area contributed by atoms with Crippen LogP contribution in [0.3, 0.4) is 0 Å². The molecule has 21 heavy (non-hydrogen) atoms. The van der Waals surface area contributed by atoms with Gasteiger partial charge in [-0.25, -0.2) is 4.98 Å². The van der Waals surface area contributed by atoms with Crippen LogP contribution in [-0.4, -0.2) is 41.2 Å². The molecule has 1 saturated heterocycles. The van der Waals surface area contributed by atoms with Crippen LogP contribution >= 0.6 is 0 Å². The minimum atomic E-state index is 0.161. The van der Waals surface area contributed by atoms with E-state index in [0.29, 0.717) is 5.54 Å². The SMILES string of the molecule is COc1ncccc1CN1CC2(CCCC2)NCC1(C)C. The van der Waals surface area contributed by atoms with E-state index < -0.39 is 0 Å². The van der Waals surface area contributed by atoms with E-state index in [4.69, 9.17) is 4.74 Å². The second-order valence-corrected chi connectivity index (χ2v) is 7.18. The lowest BCUT2D eigenvalue weighted by atomic mass is 9.87. The molecular formula is C17H27N3O. The molecule has 0 atom stereocenters. The predicted molar refractivity (Wildman–Crippen MR) is 84.5 cm³/mol. The van der Waals surface area contributed by atoms with Crippen LogP contribution in [0.25, 0.3) is 0 Å². The van der Waals surface area contributed by atoms with E-state index in [-0.39, 0.29) is 5.54 Å². The lowest BCUT2D eigenvalue weighted by molar-refractivity contribution is 0.0211. The zero-order valence-corrected chi connectivity index (χ0v) is 13.5. The van der Waals surface area contributed by atoms with Crippen LogP contribution in [0.5, 0.6) is 5.88 Å². The first kappa shape index (κ1) is 14.8. The number of pyridine rings is 1. The number of ether oxygens (including phenoxy) is 1. The Morgan fingerprint density at radius 1 is 1.33 bits per heavy atom. The molecule has 4 nitrogen and oxygen atoms in total. The topological polar surface area (TPSA) is 37.4 Å². The molecular weight excluding hydrogens is 262 g/mol. The third-order valence-corrected chi connectivity index (χ3v) is 5.21. The highest BCUT2D eigenvalue weighted by molar-refractivity contribution is 5.26. The molecule has 2 fully saturated rings. The average Bonchev–Trinajstić information content (AvgIpc) is 2.93. The summed E-state index contributed by atoms with van der Waals surface area (Å²) in [5, 5.41) is 3.84. The highest BCUT2D eigenvalue weighted by Gasteiger charge is 2.44. The highest BCUT2D eigenvalue weighted by Crippen LogP contribution is 2.36. The summed E-state index contributed by atoms with van der Waals surface area (Å²) < 4.78 is 5.42. The van der Waals surface area contributed by atoms with E-state index in [1.807, 2.05) is 6.07 Å². The summed E-state index contributed by atoms with van der Waals surface area (Å²) >= 11 is 0. The van der Waals surface area contributed by atoms with Crippen LogP contribution in [0.4, 0.5) is 0 Å². The monoisotopic (exact) mass is 289 g/mol. The molecule has 0 bridgehead atoms. The Labute approximate surface area is 127 Å². The Kier molecular flexibility index (Phi) is 3.93. The largest absolute Gasteiger partial charge is 0.481 e. The molecule has 1 saturated carbocycles. The van der Waals surface area contributed by atoms with Crippen molar-refractivity contribution in [2.75, 3.05) is 20.2 Å². The zero-order valence-electron chi connectivity index (χ0n) is 13.5. The summed E-state index contributed by atoms with van der Waals surface area (Å²) in [6.07, 6.45) is 7.13. The van der Waals surface area contributed by atoms with Gasteiger partial charge in [0, 0.05) is 42.5 Å². The number of hydrogen-bond acceptors (Lipinski definition) is 4. The van der Waals surface area contributed by atoms with Crippen molar-refractivity contribution in [3.63, 3.8) is 0 Å². The van der Waals surface area contributed by atoms with Crippen LogP contribution in [0.2, 0.25) is 0 Å². The minimum absolute atomic E-state index is 0.161. The number of methoxy groups -OCH3 is 1. The molecule has 0 radical (unpaired) electrons. The van der Waals surface area contributed by atoms with E-state index in [1.165, 1.54) is 31.2 Å². The van der Waals surface area contributed by atoms with Crippen molar-refractivity contribution in [2.24, 2.45) is 0 Å². The summed E-state index contributed by atoms with van der Waals surface area (Å²) in [5.41, 5.74) is 1.68. The smallest absolute Gasteiger partial charge is 0.217 e. The third-order valence-electron chi connectivity index (χ3n) is 5.21. The van der Waals surface area contributed by atoms with Crippen molar-refractivity contribution >= 4 is 0 Å². The van der Waals surface area contributed by atoms with Gasteiger partial charge in [-0.15, -0.1) is 0 Å². The first-order chi connectivity index (χ1) is 10.0. The van der Waals surface area contributed by atoms with Gasteiger partial charge in [0.1, 0.15) is 0 Å². The second-order valence-electron chi connectivity index (χ2n) is 7.18. The standard InChI is InChI=1S/C17H27N3O/c1-16(2)12-19-17(8-4-5-9-17)13-20(16)11-14-7-6-10-18-15(14)21-3/h6-7,10,19H,4-5,8-9,11-13H2,1-3H3. The quantitative estimate of drug-likeness (QED) is 0.928. The van der Waals surface area contributed by atoms with Gasteiger partial charge in [-0.2, -0.15) is 0 Å². The molecule has 1 spiro atoms. The molecule has 3 rings (SSSR count). The van der Waals surface area contributed by atoms with Gasteiger partial charge in [-0.3, -0.25) is 4.90 Å². The van der Waals surface area contributed by atoms with Crippen molar-refractivity contribution in [3.05, 3.63) is 23.9 Å². The molecule has 0 aromatic carbocycles. The number of nitrogens with one attached hydrogen (secondary N) is 1. The van der Waals surface area contributed by atoms with Gasteiger partial charge in [0.15, 0.2) is 0 Å². The number of hydrogen-bond donors (Lipinski definition) is 1. The zero-order chi connectivity index (χ0) is 14.9. The van der Waals surface area contributed by atoms with Crippen LogP contribution < -0.4 is 10.1 Å². The lowest BCUT2D eigenvalue weighted by Gasteiger charge is -2.51. The maximum Gasteiger partial charge on any atom is 0.217 e. The molecule has 1 aliphatic carbocycles. The molecule has 0 amide bonds. The van der Waals surface area contributed by atoms with Crippen molar-refractivity contribution < 1.29 is 4.74 Å². The van der Waals surface area contributed by atoms with Gasteiger partial charge in [-0.1, -0.05) is 18.9 Å². The molecule has 4 heteroatoms.